The van der Waals surface area contributed by atoms with E-state index >= 15 is 0 Å². The Balaban J connectivity index is 1.34. The third-order valence-electron chi connectivity index (χ3n) is 5.22. The molecule has 0 saturated heterocycles. The Kier molecular flexibility index (Phi) is 7.59. The summed E-state index contributed by atoms with van der Waals surface area (Å²) in [5.41, 5.74) is 2.77. The van der Waals surface area contributed by atoms with Gasteiger partial charge in [-0.15, -0.1) is 0 Å². The number of hydrogen-bond donors (Lipinski definition) is 3. The van der Waals surface area contributed by atoms with Crippen molar-refractivity contribution in [2.24, 2.45) is 0 Å². The summed E-state index contributed by atoms with van der Waals surface area (Å²) < 4.78 is 15.5. The predicted octanol–water partition coefficient (Wildman–Crippen LogP) is 4.08. The highest BCUT2D eigenvalue weighted by atomic mass is 16.6. The van der Waals surface area contributed by atoms with Crippen LogP contribution in [-0.4, -0.2) is 44.3 Å². The van der Waals surface area contributed by atoms with Crippen LogP contribution in [0.3, 0.4) is 0 Å². The minimum atomic E-state index is -0.624. The van der Waals surface area contributed by atoms with Crippen LogP contribution in [0.4, 0.5) is 21.9 Å². The van der Waals surface area contributed by atoms with Crippen LogP contribution < -0.4 is 20.7 Å². The number of para-hydroxylation sites is 1. The minimum absolute atomic E-state index is 0.130. The number of methoxy groups -OCH3 is 1. The molecule has 3 amide bonds. The van der Waals surface area contributed by atoms with Crippen molar-refractivity contribution in [3.63, 3.8) is 0 Å². The lowest BCUT2D eigenvalue weighted by Gasteiger charge is -2.13. The highest BCUT2D eigenvalue weighted by Crippen LogP contribution is 2.28. The van der Waals surface area contributed by atoms with Crippen LogP contribution in [0.25, 0.3) is 0 Å². The van der Waals surface area contributed by atoms with Crippen LogP contribution >= 0.6 is 0 Å². The summed E-state index contributed by atoms with van der Waals surface area (Å²) in [4.78, 5) is 37.3. The lowest BCUT2D eigenvalue weighted by Crippen LogP contribution is -2.31. The smallest absolute Gasteiger partial charge is 0.411 e. The number of ether oxygens (including phenoxy) is 3. The van der Waals surface area contributed by atoms with Crippen molar-refractivity contribution in [2.45, 2.75) is 12.5 Å². The van der Waals surface area contributed by atoms with Gasteiger partial charge in [-0.2, -0.15) is 0 Å². The van der Waals surface area contributed by atoms with Crippen molar-refractivity contribution in [1.29, 1.82) is 0 Å². The summed E-state index contributed by atoms with van der Waals surface area (Å²) in [5, 5.41) is 8.19. The molecule has 9 heteroatoms. The van der Waals surface area contributed by atoms with E-state index in [9.17, 15) is 14.4 Å². The van der Waals surface area contributed by atoms with Crippen molar-refractivity contribution in [3.8, 4) is 5.75 Å². The predicted molar refractivity (Wildman–Crippen MR) is 131 cm³/mol. The van der Waals surface area contributed by atoms with Crippen molar-refractivity contribution in [3.05, 3.63) is 83.9 Å². The number of rotatable bonds is 8. The molecule has 0 aromatic heterocycles. The SMILES string of the molecule is COCCOC(=O)Nc1cccc(NC(=O)c2cccc(NC(=O)C3Cc4ccccc4O3)c2)c1. The Bertz CT molecular complexity index is 1200. The highest BCUT2D eigenvalue weighted by Gasteiger charge is 2.28. The first-order valence-corrected chi connectivity index (χ1v) is 11.0. The van der Waals surface area contributed by atoms with Gasteiger partial charge in [-0.05, 0) is 48.0 Å². The van der Waals surface area contributed by atoms with Gasteiger partial charge in [-0.1, -0.05) is 30.3 Å². The molecule has 3 aromatic carbocycles. The first-order valence-electron chi connectivity index (χ1n) is 11.0. The van der Waals surface area contributed by atoms with Gasteiger partial charge >= 0.3 is 6.09 Å². The number of fused-ring (bicyclic) bond motifs is 1. The van der Waals surface area contributed by atoms with Gasteiger partial charge in [-0.25, -0.2) is 4.79 Å². The fourth-order valence-electron chi connectivity index (χ4n) is 3.54. The molecule has 180 valence electrons. The molecule has 1 aliphatic rings. The monoisotopic (exact) mass is 475 g/mol. The first-order chi connectivity index (χ1) is 17.0. The summed E-state index contributed by atoms with van der Waals surface area (Å²) in [6.07, 6.45) is -0.753. The van der Waals surface area contributed by atoms with Gasteiger partial charge < -0.3 is 24.8 Å². The van der Waals surface area contributed by atoms with E-state index in [1.165, 1.54) is 7.11 Å². The molecule has 1 unspecified atom stereocenters. The largest absolute Gasteiger partial charge is 0.480 e. The second-order valence-corrected chi connectivity index (χ2v) is 7.78. The molecule has 1 heterocycles. The van der Waals surface area contributed by atoms with Crippen LogP contribution in [0.2, 0.25) is 0 Å². The molecular formula is C26H25N3O6. The molecule has 0 aliphatic carbocycles. The number of anilines is 3. The average molecular weight is 476 g/mol. The van der Waals surface area contributed by atoms with Gasteiger partial charge in [0.2, 0.25) is 0 Å². The summed E-state index contributed by atoms with van der Waals surface area (Å²) >= 11 is 0. The molecule has 0 fully saturated rings. The molecule has 3 aromatic rings. The van der Waals surface area contributed by atoms with Crippen LogP contribution in [0, 0.1) is 0 Å². The van der Waals surface area contributed by atoms with Crippen LogP contribution in [-0.2, 0) is 20.7 Å². The van der Waals surface area contributed by atoms with Crippen LogP contribution in [0.5, 0.6) is 5.75 Å². The normalized spacial score (nSPS) is 13.8. The van der Waals surface area contributed by atoms with Gasteiger partial charge in [-0.3, -0.25) is 14.9 Å². The summed E-state index contributed by atoms with van der Waals surface area (Å²) in [5.74, 6) is 0.0566. The molecule has 3 N–H and O–H groups in total. The van der Waals surface area contributed by atoms with Gasteiger partial charge in [0.25, 0.3) is 11.8 Å². The molecule has 0 radical (unpaired) electrons. The van der Waals surface area contributed by atoms with E-state index in [-0.39, 0.29) is 18.4 Å². The fraction of sp³-hybridized carbons (Fsp3) is 0.192. The third-order valence-corrected chi connectivity index (χ3v) is 5.22. The molecule has 35 heavy (non-hydrogen) atoms. The number of hydrogen-bond acceptors (Lipinski definition) is 6. The Hall–Kier alpha value is -4.37. The highest BCUT2D eigenvalue weighted by molar-refractivity contribution is 6.06. The Morgan fingerprint density at radius 1 is 0.857 bits per heavy atom. The quantitative estimate of drug-likeness (QED) is 0.423. The second-order valence-electron chi connectivity index (χ2n) is 7.78. The zero-order valence-electron chi connectivity index (χ0n) is 19.1. The number of nitrogens with one attached hydrogen (secondary N) is 3. The van der Waals surface area contributed by atoms with E-state index in [0.717, 1.165) is 5.56 Å². The number of amides is 3. The Morgan fingerprint density at radius 2 is 1.57 bits per heavy atom. The maximum atomic E-state index is 12.8. The third kappa shape index (κ3) is 6.36. The van der Waals surface area contributed by atoms with Gasteiger partial charge in [0.1, 0.15) is 12.4 Å². The summed E-state index contributed by atoms with van der Waals surface area (Å²) in [7, 11) is 1.51. The van der Waals surface area contributed by atoms with Crippen LogP contribution in [0.15, 0.2) is 72.8 Å². The molecular weight excluding hydrogens is 450 g/mol. The van der Waals surface area contributed by atoms with Gasteiger partial charge in [0, 0.05) is 36.2 Å². The first kappa shape index (κ1) is 23.8. The summed E-state index contributed by atoms with van der Waals surface area (Å²) in [6, 6.07) is 20.8. The molecule has 4 rings (SSSR count). The van der Waals surface area contributed by atoms with Crippen molar-refractivity contribution < 1.29 is 28.6 Å². The van der Waals surface area contributed by atoms with Gasteiger partial charge in [0.05, 0.1) is 6.61 Å². The van der Waals surface area contributed by atoms with E-state index in [0.29, 0.717) is 41.4 Å². The maximum absolute atomic E-state index is 12.8. The Labute approximate surface area is 202 Å². The van der Waals surface area contributed by atoms with E-state index in [1.807, 2.05) is 24.3 Å². The van der Waals surface area contributed by atoms with E-state index in [2.05, 4.69) is 16.0 Å². The average Bonchev–Trinajstić information content (AvgIpc) is 3.29. The Morgan fingerprint density at radius 3 is 2.34 bits per heavy atom. The van der Waals surface area contributed by atoms with Crippen molar-refractivity contribution in [2.75, 3.05) is 36.3 Å². The van der Waals surface area contributed by atoms with Crippen molar-refractivity contribution in [1.82, 2.24) is 0 Å². The topological polar surface area (TPSA) is 115 Å². The van der Waals surface area contributed by atoms with E-state index in [1.54, 1.807) is 48.5 Å². The summed E-state index contributed by atoms with van der Waals surface area (Å²) in [6.45, 7) is 0.426. The van der Waals surface area contributed by atoms with Gasteiger partial charge in [0.15, 0.2) is 6.10 Å². The number of carbonyl (C=O) groups excluding carboxylic acids is 3. The van der Waals surface area contributed by atoms with E-state index in [4.69, 9.17) is 14.2 Å². The molecule has 1 atom stereocenters. The number of carbonyl (C=O) groups is 3. The maximum Gasteiger partial charge on any atom is 0.411 e. The van der Waals surface area contributed by atoms with E-state index < -0.39 is 12.2 Å². The molecule has 9 nitrogen and oxygen atoms in total. The fourth-order valence-corrected chi connectivity index (χ4v) is 3.54. The standard InChI is InChI=1S/C26H25N3O6/c1-33-12-13-34-26(32)29-21-10-5-9-20(16-21)27-24(30)18-7-4-8-19(14-18)28-25(31)23-15-17-6-2-3-11-22(17)35-23/h2-11,14,16,23H,12-13,15H2,1H3,(H,27,30)(H,28,31)(H,29,32). The van der Waals surface area contributed by atoms with Crippen molar-refractivity contribution >= 4 is 35.0 Å². The molecule has 1 aliphatic heterocycles. The minimum Gasteiger partial charge on any atom is -0.480 e. The zero-order valence-corrected chi connectivity index (χ0v) is 19.1. The lowest BCUT2D eigenvalue weighted by atomic mass is 10.1. The second kappa shape index (κ2) is 11.2. The molecule has 0 bridgehead atoms. The van der Waals surface area contributed by atoms with Crippen LogP contribution in [0.1, 0.15) is 15.9 Å². The lowest BCUT2D eigenvalue weighted by molar-refractivity contribution is -0.122. The molecule has 0 saturated carbocycles. The molecule has 0 spiro atoms. The zero-order chi connectivity index (χ0) is 24.6. The number of benzene rings is 3.